The molecule has 1 aliphatic heterocycles. The summed E-state index contributed by atoms with van der Waals surface area (Å²) in [5, 5.41) is 2.67. The molecule has 1 heterocycles. The summed E-state index contributed by atoms with van der Waals surface area (Å²) in [6.45, 7) is 0.626. The molecule has 2 aliphatic rings. The SMILES string of the molecule is CNC(=O)C1CCCCN1C(=O)C1(C(N)=S)CCCCC1. The van der Waals surface area contributed by atoms with Crippen molar-refractivity contribution in [2.45, 2.75) is 57.4 Å². The van der Waals surface area contributed by atoms with Crippen molar-refractivity contribution in [1.82, 2.24) is 10.2 Å². The standard InChI is InChI=1S/C15H25N3O2S/c1-17-12(19)11-7-3-6-10-18(11)14(20)15(13(16)21)8-4-2-5-9-15/h11H,2-10H2,1H3,(H2,16,21)(H,17,19). The first-order chi connectivity index (χ1) is 10.0. The smallest absolute Gasteiger partial charge is 0.242 e. The van der Waals surface area contributed by atoms with Crippen LogP contribution in [0.5, 0.6) is 0 Å². The summed E-state index contributed by atoms with van der Waals surface area (Å²) in [7, 11) is 1.61. The molecule has 1 aliphatic carbocycles. The van der Waals surface area contributed by atoms with Crippen molar-refractivity contribution >= 4 is 29.0 Å². The fraction of sp³-hybridized carbons (Fsp3) is 0.800. The van der Waals surface area contributed by atoms with E-state index in [1.54, 1.807) is 11.9 Å². The first-order valence-corrected chi connectivity index (χ1v) is 8.26. The molecular formula is C15H25N3O2S. The van der Waals surface area contributed by atoms with Gasteiger partial charge in [0, 0.05) is 13.6 Å². The molecule has 0 aromatic heterocycles. The Morgan fingerprint density at radius 3 is 2.43 bits per heavy atom. The number of carbonyl (C=O) groups excluding carboxylic acids is 2. The van der Waals surface area contributed by atoms with Gasteiger partial charge in [-0.3, -0.25) is 9.59 Å². The Hall–Kier alpha value is -1.17. The van der Waals surface area contributed by atoms with Crippen molar-refractivity contribution in [3.05, 3.63) is 0 Å². The van der Waals surface area contributed by atoms with Gasteiger partial charge in [-0.15, -0.1) is 0 Å². The number of hydrogen-bond donors (Lipinski definition) is 2. The number of nitrogens with two attached hydrogens (primary N) is 1. The van der Waals surface area contributed by atoms with Crippen LogP contribution in [-0.2, 0) is 9.59 Å². The van der Waals surface area contributed by atoms with E-state index in [1.807, 2.05) is 0 Å². The van der Waals surface area contributed by atoms with Crippen LogP contribution in [0.15, 0.2) is 0 Å². The van der Waals surface area contributed by atoms with Gasteiger partial charge in [0.25, 0.3) is 0 Å². The largest absolute Gasteiger partial charge is 0.392 e. The normalized spacial score (nSPS) is 25.2. The summed E-state index contributed by atoms with van der Waals surface area (Å²) >= 11 is 5.24. The average Bonchev–Trinajstić information content (AvgIpc) is 2.53. The number of carbonyl (C=O) groups is 2. The number of amides is 2. The van der Waals surface area contributed by atoms with Crippen LogP contribution < -0.4 is 11.1 Å². The highest BCUT2D eigenvalue weighted by Gasteiger charge is 2.47. The lowest BCUT2D eigenvalue weighted by atomic mass is 9.72. The summed E-state index contributed by atoms with van der Waals surface area (Å²) in [6.07, 6.45) is 7.14. The zero-order chi connectivity index (χ0) is 15.5. The molecule has 0 bridgehead atoms. The summed E-state index contributed by atoms with van der Waals surface area (Å²) in [4.78, 5) is 27.2. The first-order valence-electron chi connectivity index (χ1n) is 7.85. The first kappa shape index (κ1) is 16.2. The van der Waals surface area contributed by atoms with Crippen molar-refractivity contribution in [3.63, 3.8) is 0 Å². The van der Waals surface area contributed by atoms with E-state index in [-0.39, 0.29) is 17.9 Å². The van der Waals surface area contributed by atoms with E-state index in [9.17, 15) is 9.59 Å². The molecule has 0 spiro atoms. The molecule has 0 aromatic carbocycles. The summed E-state index contributed by atoms with van der Waals surface area (Å²) in [5.41, 5.74) is 5.22. The van der Waals surface area contributed by atoms with Crippen molar-refractivity contribution in [3.8, 4) is 0 Å². The van der Waals surface area contributed by atoms with Gasteiger partial charge < -0.3 is 16.0 Å². The molecule has 118 valence electrons. The van der Waals surface area contributed by atoms with E-state index in [2.05, 4.69) is 5.32 Å². The van der Waals surface area contributed by atoms with Crippen molar-refractivity contribution in [1.29, 1.82) is 0 Å². The maximum Gasteiger partial charge on any atom is 0.242 e. The summed E-state index contributed by atoms with van der Waals surface area (Å²) in [6, 6.07) is -0.371. The van der Waals surface area contributed by atoms with Crippen LogP contribution in [0.1, 0.15) is 51.4 Å². The van der Waals surface area contributed by atoms with Crippen LogP contribution in [0.4, 0.5) is 0 Å². The third-order valence-corrected chi connectivity index (χ3v) is 5.29. The number of thiocarbonyl (C=S) groups is 1. The monoisotopic (exact) mass is 311 g/mol. The molecule has 0 radical (unpaired) electrons. The van der Waals surface area contributed by atoms with Crippen molar-refractivity contribution < 1.29 is 9.59 Å². The fourth-order valence-corrected chi connectivity index (χ4v) is 3.90. The Bertz CT molecular complexity index is 433. The number of piperidine rings is 1. The molecule has 1 saturated heterocycles. The van der Waals surface area contributed by atoms with E-state index < -0.39 is 5.41 Å². The minimum Gasteiger partial charge on any atom is -0.392 e. The Labute approximate surface area is 131 Å². The zero-order valence-electron chi connectivity index (χ0n) is 12.7. The van der Waals surface area contributed by atoms with E-state index in [4.69, 9.17) is 18.0 Å². The van der Waals surface area contributed by atoms with E-state index in [1.165, 1.54) is 0 Å². The Balaban J connectivity index is 2.25. The number of nitrogens with one attached hydrogen (secondary N) is 1. The van der Waals surface area contributed by atoms with Crippen LogP contribution in [0.2, 0.25) is 0 Å². The van der Waals surface area contributed by atoms with Crippen LogP contribution in [0.3, 0.4) is 0 Å². The van der Waals surface area contributed by atoms with Crippen LogP contribution >= 0.6 is 12.2 Å². The Morgan fingerprint density at radius 1 is 1.19 bits per heavy atom. The van der Waals surface area contributed by atoms with E-state index >= 15 is 0 Å². The second-order valence-corrected chi connectivity index (χ2v) is 6.57. The molecule has 1 saturated carbocycles. The molecule has 3 N–H and O–H groups in total. The van der Waals surface area contributed by atoms with Gasteiger partial charge in [0.15, 0.2) is 0 Å². The van der Waals surface area contributed by atoms with Crippen molar-refractivity contribution in [2.24, 2.45) is 11.1 Å². The maximum atomic E-state index is 13.1. The van der Waals surface area contributed by atoms with Gasteiger partial charge in [0.1, 0.15) is 6.04 Å². The minimum atomic E-state index is -0.725. The Kier molecular flexibility index (Phi) is 5.19. The number of rotatable bonds is 3. The predicted octanol–water partition coefficient (Wildman–Crippen LogP) is 1.35. The average molecular weight is 311 g/mol. The van der Waals surface area contributed by atoms with Gasteiger partial charge in [0.05, 0.1) is 10.4 Å². The minimum absolute atomic E-state index is 0.0250. The highest BCUT2D eigenvalue weighted by molar-refractivity contribution is 7.80. The molecule has 21 heavy (non-hydrogen) atoms. The van der Waals surface area contributed by atoms with Gasteiger partial charge in [0.2, 0.25) is 11.8 Å². The van der Waals surface area contributed by atoms with Crippen molar-refractivity contribution in [2.75, 3.05) is 13.6 Å². The van der Waals surface area contributed by atoms with Crippen LogP contribution in [-0.4, -0.2) is 41.3 Å². The maximum absolute atomic E-state index is 13.1. The molecule has 2 rings (SSSR count). The summed E-state index contributed by atoms with van der Waals surface area (Å²) < 4.78 is 0. The van der Waals surface area contributed by atoms with Gasteiger partial charge in [-0.25, -0.2) is 0 Å². The molecule has 5 nitrogen and oxygen atoms in total. The van der Waals surface area contributed by atoms with E-state index in [0.717, 1.165) is 51.4 Å². The third kappa shape index (κ3) is 3.05. The lowest BCUT2D eigenvalue weighted by molar-refractivity contribution is -0.148. The molecule has 6 heteroatoms. The molecule has 1 unspecified atom stereocenters. The van der Waals surface area contributed by atoms with Crippen LogP contribution in [0.25, 0.3) is 0 Å². The number of hydrogen-bond acceptors (Lipinski definition) is 3. The number of nitrogens with zero attached hydrogens (tertiary/aromatic N) is 1. The topological polar surface area (TPSA) is 75.4 Å². The lowest BCUT2D eigenvalue weighted by Crippen LogP contribution is -2.58. The molecule has 0 aromatic rings. The lowest BCUT2D eigenvalue weighted by Gasteiger charge is -2.43. The number of likely N-dealkylation sites (N-methyl/N-ethyl adjacent to an activating group) is 1. The van der Waals surface area contributed by atoms with Crippen LogP contribution in [0, 0.1) is 5.41 Å². The highest BCUT2D eigenvalue weighted by Crippen LogP contribution is 2.39. The molecular weight excluding hydrogens is 286 g/mol. The molecule has 1 atom stereocenters. The molecule has 2 fully saturated rings. The van der Waals surface area contributed by atoms with Gasteiger partial charge in [-0.1, -0.05) is 31.5 Å². The fourth-order valence-electron chi connectivity index (χ4n) is 3.61. The quantitative estimate of drug-likeness (QED) is 0.772. The predicted molar refractivity (Wildman–Crippen MR) is 85.7 cm³/mol. The zero-order valence-corrected chi connectivity index (χ0v) is 13.5. The second kappa shape index (κ2) is 6.73. The second-order valence-electron chi connectivity index (χ2n) is 6.13. The number of likely N-dealkylation sites (tertiary alicyclic amines) is 1. The summed E-state index contributed by atoms with van der Waals surface area (Å²) in [5.74, 6) is -0.111. The highest BCUT2D eigenvalue weighted by atomic mass is 32.1. The van der Waals surface area contributed by atoms with Gasteiger partial charge in [-0.2, -0.15) is 0 Å². The molecule has 2 amide bonds. The van der Waals surface area contributed by atoms with Gasteiger partial charge >= 0.3 is 0 Å². The van der Waals surface area contributed by atoms with Gasteiger partial charge in [-0.05, 0) is 32.1 Å². The Morgan fingerprint density at radius 2 is 1.86 bits per heavy atom. The van der Waals surface area contributed by atoms with E-state index in [0.29, 0.717) is 11.5 Å². The third-order valence-electron chi connectivity index (χ3n) is 4.90.